The Balaban J connectivity index is 1.73. The standard InChI is InChI=1S/C18H24N2O3S/c1-3-10-19-11-7-18(17(19)21)8-12-20(13-9-18)24(22,23)16-6-4-5-15(2)14-16/h3-6,14H,1,7-13H2,2H3. The number of piperidine rings is 1. The molecule has 0 aliphatic carbocycles. The zero-order chi connectivity index (χ0) is 17.4. The van der Waals surface area contributed by atoms with Gasteiger partial charge in [-0.05, 0) is 43.9 Å². The summed E-state index contributed by atoms with van der Waals surface area (Å²) < 4.78 is 27.1. The van der Waals surface area contributed by atoms with Crippen LogP contribution in [0.25, 0.3) is 0 Å². The number of nitrogens with zero attached hydrogens (tertiary/aromatic N) is 2. The van der Waals surface area contributed by atoms with E-state index in [4.69, 9.17) is 0 Å². The molecule has 1 aromatic carbocycles. The van der Waals surface area contributed by atoms with Crippen LogP contribution in [-0.2, 0) is 14.8 Å². The summed E-state index contributed by atoms with van der Waals surface area (Å²) in [7, 11) is -3.48. The Labute approximate surface area is 144 Å². The highest BCUT2D eigenvalue weighted by Gasteiger charge is 2.49. The highest BCUT2D eigenvalue weighted by atomic mass is 32.2. The van der Waals surface area contributed by atoms with E-state index in [0.29, 0.717) is 37.4 Å². The highest BCUT2D eigenvalue weighted by molar-refractivity contribution is 7.89. The Morgan fingerprint density at radius 1 is 1.21 bits per heavy atom. The van der Waals surface area contributed by atoms with Gasteiger partial charge in [-0.15, -0.1) is 6.58 Å². The molecule has 0 unspecified atom stereocenters. The van der Waals surface area contributed by atoms with Crippen LogP contribution in [-0.4, -0.2) is 49.7 Å². The fraction of sp³-hybridized carbons (Fsp3) is 0.500. The summed E-state index contributed by atoms with van der Waals surface area (Å²) in [5.74, 6) is 0.162. The van der Waals surface area contributed by atoms with Gasteiger partial charge in [0.2, 0.25) is 15.9 Å². The molecule has 1 spiro atoms. The molecule has 2 fully saturated rings. The van der Waals surface area contributed by atoms with Crippen LogP contribution >= 0.6 is 0 Å². The van der Waals surface area contributed by atoms with Crippen LogP contribution in [0.3, 0.4) is 0 Å². The minimum atomic E-state index is -3.48. The van der Waals surface area contributed by atoms with Gasteiger partial charge < -0.3 is 4.90 Å². The molecule has 1 aromatic rings. The normalized spacial score (nSPS) is 21.4. The molecule has 0 aromatic heterocycles. The van der Waals surface area contributed by atoms with Gasteiger partial charge in [-0.2, -0.15) is 4.31 Å². The number of amides is 1. The number of sulfonamides is 1. The van der Waals surface area contributed by atoms with Crippen LogP contribution in [0.5, 0.6) is 0 Å². The van der Waals surface area contributed by atoms with E-state index in [9.17, 15) is 13.2 Å². The van der Waals surface area contributed by atoms with Crippen molar-refractivity contribution in [3.8, 4) is 0 Å². The molecule has 2 aliphatic heterocycles. The molecule has 130 valence electrons. The van der Waals surface area contributed by atoms with Crippen LogP contribution in [0.15, 0.2) is 41.8 Å². The van der Waals surface area contributed by atoms with E-state index in [2.05, 4.69) is 6.58 Å². The Bertz CT molecular complexity index is 749. The van der Waals surface area contributed by atoms with Gasteiger partial charge >= 0.3 is 0 Å². The molecule has 0 N–H and O–H groups in total. The van der Waals surface area contributed by atoms with Crippen LogP contribution in [0.1, 0.15) is 24.8 Å². The largest absolute Gasteiger partial charge is 0.338 e. The SMILES string of the molecule is C=CCN1CCC2(CCN(S(=O)(=O)c3cccc(C)c3)CC2)C1=O. The molecule has 0 atom stereocenters. The van der Waals surface area contributed by atoms with E-state index in [1.165, 1.54) is 4.31 Å². The van der Waals surface area contributed by atoms with Crippen LogP contribution in [0, 0.1) is 12.3 Å². The van der Waals surface area contributed by atoms with E-state index >= 15 is 0 Å². The number of benzene rings is 1. The Morgan fingerprint density at radius 2 is 1.88 bits per heavy atom. The first kappa shape index (κ1) is 17.2. The molecule has 0 bridgehead atoms. The second-order valence-corrected chi connectivity index (χ2v) is 8.73. The Morgan fingerprint density at radius 3 is 2.50 bits per heavy atom. The number of hydrogen-bond donors (Lipinski definition) is 0. The molecular weight excluding hydrogens is 324 g/mol. The minimum absolute atomic E-state index is 0.162. The predicted molar refractivity (Wildman–Crippen MR) is 93.0 cm³/mol. The number of hydrogen-bond acceptors (Lipinski definition) is 3. The monoisotopic (exact) mass is 348 g/mol. The third-order valence-corrected chi connectivity index (χ3v) is 7.15. The summed E-state index contributed by atoms with van der Waals surface area (Å²) >= 11 is 0. The average Bonchev–Trinajstić information content (AvgIpc) is 2.85. The van der Waals surface area contributed by atoms with Crippen molar-refractivity contribution >= 4 is 15.9 Å². The van der Waals surface area contributed by atoms with Crippen molar-refractivity contribution in [3.63, 3.8) is 0 Å². The lowest BCUT2D eigenvalue weighted by atomic mass is 9.77. The second kappa shape index (κ2) is 6.33. The minimum Gasteiger partial charge on any atom is -0.338 e. The van der Waals surface area contributed by atoms with Gasteiger partial charge in [0.25, 0.3) is 0 Å². The quantitative estimate of drug-likeness (QED) is 0.784. The molecule has 0 radical (unpaired) electrons. The van der Waals surface area contributed by atoms with Crippen molar-refractivity contribution < 1.29 is 13.2 Å². The fourth-order valence-corrected chi connectivity index (χ4v) is 5.31. The number of likely N-dealkylation sites (tertiary alicyclic amines) is 1. The average molecular weight is 348 g/mol. The number of carbonyl (C=O) groups excluding carboxylic acids is 1. The zero-order valence-electron chi connectivity index (χ0n) is 14.1. The maximum atomic E-state index is 12.8. The third-order valence-electron chi connectivity index (χ3n) is 5.26. The Hall–Kier alpha value is -1.66. The van der Waals surface area contributed by atoms with Gasteiger partial charge in [-0.25, -0.2) is 8.42 Å². The predicted octanol–water partition coefficient (Wildman–Crippen LogP) is 2.18. The van der Waals surface area contributed by atoms with E-state index < -0.39 is 10.0 Å². The first-order valence-corrected chi connectivity index (χ1v) is 9.80. The number of carbonyl (C=O) groups is 1. The molecule has 2 saturated heterocycles. The van der Waals surface area contributed by atoms with Crippen molar-refractivity contribution in [1.29, 1.82) is 0 Å². The van der Waals surface area contributed by atoms with Gasteiger partial charge in [0.1, 0.15) is 0 Å². The smallest absolute Gasteiger partial charge is 0.243 e. The molecule has 2 aliphatic rings. The van der Waals surface area contributed by atoms with Crippen molar-refractivity contribution in [3.05, 3.63) is 42.5 Å². The number of rotatable bonds is 4. The summed E-state index contributed by atoms with van der Waals surface area (Å²) in [4.78, 5) is 14.8. The van der Waals surface area contributed by atoms with E-state index in [1.54, 1.807) is 24.3 Å². The lowest BCUT2D eigenvalue weighted by Gasteiger charge is -2.37. The van der Waals surface area contributed by atoms with E-state index in [1.807, 2.05) is 17.9 Å². The second-order valence-electron chi connectivity index (χ2n) is 6.79. The van der Waals surface area contributed by atoms with Gasteiger partial charge in [-0.3, -0.25) is 4.79 Å². The highest BCUT2D eigenvalue weighted by Crippen LogP contribution is 2.42. The molecule has 0 saturated carbocycles. The van der Waals surface area contributed by atoms with Crippen molar-refractivity contribution in [2.45, 2.75) is 31.1 Å². The molecule has 6 heteroatoms. The fourth-order valence-electron chi connectivity index (χ4n) is 3.77. The molecule has 24 heavy (non-hydrogen) atoms. The first-order valence-electron chi connectivity index (χ1n) is 8.36. The van der Waals surface area contributed by atoms with Crippen molar-refractivity contribution in [2.75, 3.05) is 26.2 Å². The molecule has 2 heterocycles. The summed E-state index contributed by atoms with van der Waals surface area (Å²) in [5, 5.41) is 0. The van der Waals surface area contributed by atoms with Crippen LogP contribution < -0.4 is 0 Å². The lowest BCUT2D eigenvalue weighted by molar-refractivity contribution is -0.137. The third kappa shape index (κ3) is 2.89. The first-order chi connectivity index (χ1) is 11.4. The van der Waals surface area contributed by atoms with E-state index in [-0.39, 0.29) is 11.3 Å². The lowest BCUT2D eigenvalue weighted by Crippen LogP contribution is -2.46. The molecular formula is C18H24N2O3S. The summed E-state index contributed by atoms with van der Waals surface area (Å²) in [5.41, 5.74) is 0.553. The number of aryl methyl sites for hydroxylation is 1. The van der Waals surface area contributed by atoms with Gasteiger partial charge in [0.15, 0.2) is 0 Å². The zero-order valence-corrected chi connectivity index (χ0v) is 14.9. The summed E-state index contributed by atoms with van der Waals surface area (Å²) in [6.45, 7) is 7.71. The molecule has 1 amide bonds. The molecule has 5 nitrogen and oxygen atoms in total. The van der Waals surface area contributed by atoms with E-state index in [0.717, 1.165) is 18.5 Å². The maximum absolute atomic E-state index is 12.8. The maximum Gasteiger partial charge on any atom is 0.243 e. The molecule has 3 rings (SSSR count). The van der Waals surface area contributed by atoms with Crippen molar-refractivity contribution in [2.24, 2.45) is 5.41 Å². The van der Waals surface area contributed by atoms with Gasteiger partial charge in [-0.1, -0.05) is 18.2 Å². The van der Waals surface area contributed by atoms with Gasteiger partial charge in [0.05, 0.1) is 10.3 Å². The summed E-state index contributed by atoms with van der Waals surface area (Å²) in [6, 6.07) is 6.99. The summed E-state index contributed by atoms with van der Waals surface area (Å²) in [6.07, 6.45) is 3.77. The van der Waals surface area contributed by atoms with Crippen LogP contribution in [0.4, 0.5) is 0 Å². The van der Waals surface area contributed by atoms with Crippen LogP contribution in [0.2, 0.25) is 0 Å². The topological polar surface area (TPSA) is 57.7 Å². The Kier molecular flexibility index (Phi) is 4.53. The van der Waals surface area contributed by atoms with Crippen molar-refractivity contribution in [1.82, 2.24) is 9.21 Å². The van der Waals surface area contributed by atoms with Gasteiger partial charge in [0, 0.05) is 26.2 Å².